The van der Waals surface area contributed by atoms with Gasteiger partial charge in [-0.1, -0.05) is 6.07 Å². The first-order valence-electron chi connectivity index (χ1n) is 8.63. The summed E-state index contributed by atoms with van der Waals surface area (Å²) in [5.74, 6) is 0.409. The number of benzene rings is 1. The largest absolute Gasteiger partial charge is 0.431 e. The molecule has 0 amide bonds. The zero-order chi connectivity index (χ0) is 20.6. The molecule has 0 bridgehead atoms. The van der Waals surface area contributed by atoms with E-state index in [4.69, 9.17) is 9.88 Å². The Hall–Kier alpha value is -3.44. The molecule has 1 aliphatic carbocycles. The number of hydrogen-bond acceptors (Lipinski definition) is 8. The van der Waals surface area contributed by atoms with Crippen LogP contribution < -0.4 is 9.88 Å². The number of sulfonamides is 1. The fourth-order valence-corrected chi connectivity index (χ4v) is 3.63. The summed E-state index contributed by atoms with van der Waals surface area (Å²) in [6.07, 6.45) is 3.89. The number of fused-ring (bicyclic) bond motifs is 1. The van der Waals surface area contributed by atoms with Crippen LogP contribution in [0.3, 0.4) is 0 Å². The van der Waals surface area contributed by atoms with Crippen LogP contribution in [0.4, 0.5) is 5.69 Å². The average molecular weight is 413 g/mol. The van der Waals surface area contributed by atoms with Crippen LogP contribution in [-0.2, 0) is 22.9 Å². The first-order valence-corrected chi connectivity index (χ1v) is 10.2. The first kappa shape index (κ1) is 18.9. The highest BCUT2D eigenvalue weighted by atomic mass is 32.2. The Bertz CT molecular complexity index is 1210. The normalized spacial score (nSPS) is 13.1. The summed E-state index contributed by atoms with van der Waals surface area (Å²) < 4.78 is 28.8. The van der Waals surface area contributed by atoms with Crippen LogP contribution in [0.2, 0.25) is 0 Å². The molecule has 2 N–H and O–H groups in total. The summed E-state index contributed by atoms with van der Waals surface area (Å²) in [6.45, 7) is 0. The Balaban J connectivity index is 1.81. The molecule has 148 valence electrons. The van der Waals surface area contributed by atoms with Crippen molar-refractivity contribution in [3.8, 4) is 23.1 Å². The number of aromatic nitrogens is 3. The maximum absolute atomic E-state index is 11.5. The molecule has 0 spiro atoms. The quantitative estimate of drug-likeness (QED) is 0.494. The minimum Gasteiger partial charge on any atom is -0.431 e. The van der Waals surface area contributed by atoms with Crippen LogP contribution in [0.1, 0.15) is 17.7 Å². The minimum atomic E-state index is -4.09. The zero-order valence-electron chi connectivity index (χ0n) is 15.0. The van der Waals surface area contributed by atoms with Gasteiger partial charge in [0, 0.05) is 17.8 Å². The molecule has 10 nitrogen and oxygen atoms in total. The smallest absolute Gasteiger partial charge is 0.312 e. The zero-order valence-corrected chi connectivity index (χ0v) is 15.8. The molecule has 2 heterocycles. The number of pyridine rings is 1. The first-order chi connectivity index (χ1) is 13.8. The van der Waals surface area contributed by atoms with Crippen LogP contribution >= 0.6 is 0 Å². The number of rotatable bonds is 5. The van der Waals surface area contributed by atoms with E-state index in [0.29, 0.717) is 17.9 Å². The third kappa shape index (κ3) is 3.77. The predicted molar refractivity (Wildman–Crippen MR) is 102 cm³/mol. The van der Waals surface area contributed by atoms with Crippen molar-refractivity contribution in [3.63, 3.8) is 0 Å². The Kier molecular flexibility index (Phi) is 4.68. The molecule has 0 saturated carbocycles. The van der Waals surface area contributed by atoms with Gasteiger partial charge in [0.1, 0.15) is 5.69 Å². The topological polar surface area (TPSA) is 151 Å². The van der Waals surface area contributed by atoms with Gasteiger partial charge in [-0.3, -0.25) is 15.1 Å². The number of nitrogens with two attached hydrogens (primary N) is 1. The maximum Gasteiger partial charge on any atom is 0.312 e. The molecule has 4 rings (SSSR count). The fraction of sp³-hybridized carbons (Fsp3) is 0.167. The predicted octanol–water partition coefficient (Wildman–Crippen LogP) is 2.38. The van der Waals surface area contributed by atoms with Gasteiger partial charge in [0.2, 0.25) is 21.7 Å². The molecular formula is C18H15N5O5S. The van der Waals surface area contributed by atoms with Gasteiger partial charge in [0.25, 0.3) is 0 Å². The summed E-state index contributed by atoms with van der Waals surface area (Å²) >= 11 is 0. The maximum atomic E-state index is 11.5. The van der Waals surface area contributed by atoms with E-state index in [1.165, 1.54) is 6.07 Å². The van der Waals surface area contributed by atoms with E-state index < -0.39 is 20.6 Å². The lowest BCUT2D eigenvalue weighted by atomic mass is 10.2. The number of nitro benzene ring substituents is 1. The number of primary sulfonamides is 1. The molecule has 0 atom stereocenters. The number of aryl methyl sites for hydroxylation is 1. The van der Waals surface area contributed by atoms with Gasteiger partial charge >= 0.3 is 5.69 Å². The summed E-state index contributed by atoms with van der Waals surface area (Å²) in [4.78, 5) is 23.6. The van der Waals surface area contributed by atoms with Crippen molar-refractivity contribution in [3.05, 3.63) is 64.0 Å². The van der Waals surface area contributed by atoms with Gasteiger partial charge in [0.15, 0.2) is 5.82 Å². The molecule has 0 aliphatic heterocycles. The van der Waals surface area contributed by atoms with E-state index >= 15 is 0 Å². The highest BCUT2D eigenvalue weighted by Crippen LogP contribution is 2.37. The Morgan fingerprint density at radius 1 is 1.14 bits per heavy atom. The molecule has 3 aromatic rings. The lowest BCUT2D eigenvalue weighted by molar-refractivity contribution is -0.385. The summed E-state index contributed by atoms with van der Waals surface area (Å²) in [6, 6.07) is 8.54. The monoisotopic (exact) mass is 413 g/mol. The van der Waals surface area contributed by atoms with Gasteiger partial charge in [-0.25, -0.2) is 18.5 Å². The highest BCUT2D eigenvalue weighted by molar-refractivity contribution is 7.89. The van der Waals surface area contributed by atoms with Gasteiger partial charge in [-0.2, -0.15) is 4.98 Å². The summed E-state index contributed by atoms with van der Waals surface area (Å²) in [5.41, 5.74) is 1.60. The molecule has 0 saturated heterocycles. The van der Waals surface area contributed by atoms with Crippen molar-refractivity contribution in [2.24, 2.45) is 5.14 Å². The van der Waals surface area contributed by atoms with Crippen molar-refractivity contribution >= 4 is 15.7 Å². The van der Waals surface area contributed by atoms with Crippen LogP contribution in [0, 0.1) is 10.1 Å². The van der Waals surface area contributed by atoms with Crippen molar-refractivity contribution in [2.45, 2.75) is 24.2 Å². The molecule has 29 heavy (non-hydrogen) atoms. The molecule has 2 aromatic heterocycles. The van der Waals surface area contributed by atoms with Crippen molar-refractivity contribution in [2.75, 3.05) is 0 Å². The van der Waals surface area contributed by atoms with Gasteiger partial charge in [-0.15, -0.1) is 0 Å². The van der Waals surface area contributed by atoms with E-state index in [9.17, 15) is 18.5 Å². The minimum absolute atomic E-state index is 0.137. The number of hydrogen-bond donors (Lipinski definition) is 1. The second kappa shape index (κ2) is 7.18. The highest BCUT2D eigenvalue weighted by Gasteiger charge is 2.25. The third-order valence-corrected chi connectivity index (χ3v) is 5.36. The van der Waals surface area contributed by atoms with Crippen LogP contribution in [0.15, 0.2) is 47.5 Å². The SMILES string of the molecule is NS(=O)(=O)c1ccc(Oc2nc(-c3ccccn3)nc3c2CCC3)c([N+](=O)[O-])c1. The summed E-state index contributed by atoms with van der Waals surface area (Å²) in [5, 5.41) is 16.5. The van der Waals surface area contributed by atoms with E-state index in [2.05, 4.69) is 15.0 Å². The molecule has 1 aromatic carbocycles. The van der Waals surface area contributed by atoms with Crippen LogP contribution in [-0.4, -0.2) is 28.3 Å². The number of ether oxygens (including phenoxy) is 1. The van der Waals surface area contributed by atoms with E-state index in [0.717, 1.165) is 36.2 Å². The average Bonchev–Trinajstić information content (AvgIpc) is 3.17. The summed E-state index contributed by atoms with van der Waals surface area (Å²) in [7, 11) is -4.09. The second-order valence-corrected chi connectivity index (χ2v) is 7.94. The molecule has 11 heteroatoms. The van der Waals surface area contributed by atoms with E-state index in [-0.39, 0.29) is 16.5 Å². The van der Waals surface area contributed by atoms with Crippen LogP contribution in [0.5, 0.6) is 11.6 Å². The lowest BCUT2D eigenvalue weighted by Crippen LogP contribution is -2.12. The van der Waals surface area contributed by atoms with Crippen LogP contribution in [0.25, 0.3) is 11.5 Å². The number of nitro groups is 1. The number of nitrogens with zero attached hydrogens (tertiary/aromatic N) is 4. The van der Waals surface area contributed by atoms with E-state index in [1.54, 1.807) is 24.4 Å². The molecule has 0 unspecified atom stereocenters. The van der Waals surface area contributed by atoms with Gasteiger partial charge < -0.3 is 4.74 Å². The van der Waals surface area contributed by atoms with Crippen molar-refractivity contribution < 1.29 is 18.1 Å². The van der Waals surface area contributed by atoms with Gasteiger partial charge in [0.05, 0.1) is 15.5 Å². The fourth-order valence-electron chi connectivity index (χ4n) is 3.10. The lowest BCUT2D eigenvalue weighted by Gasteiger charge is -2.11. The van der Waals surface area contributed by atoms with Gasteiger partial charge in [-0.05, 0) is 43.5 Å². The molecule has 0 fully saturated rings. The van der Waals surface area contributed by atoms with Crippen molar-refractivity contribution in [1.82, 2.24) is 15.0 Å². The van der Waals surface area contributed by atoms with Crippen molar-refractivity contribution in [1.29, 1.82) is 0 Å². The second-order valence-electron chi connectivity index (χ2n) is 6.38. The third-order valence-electron chi connectivity index (χ3n) is 4.45. The van der Waals surface area contributed by atoms with E-state index in [1.807, 2.05) is 0 Å². The standard InChI is InChI=1S/C18H15N5O5S/c19-29(26,27)11-7-8-16(15(10-11)23(24)25)28-18-12-4-3-6-13(12)21-17(22-18)14-5-1-2-9-20-14/h1-2,5,7-10H,3-4,6H2,(H2,19,26,27). The Labute approximate surface area is 165 Å². The molecular weight excluding hydrogens is 398 g/mol. The molecule has 0 radical (unpaired) electrons. The Morgan fingerprint density at radius 2 is 1.97 bits per heavy atom. The Morgan fingerprint density at radius 3 is 2.66 bits per heavy atom. The molecule has 1 aliphatic rings.